The highest BCUT2D eigenvalue weighted by atomic mass is 79.9. The summed E-state index contributed by atoms with van der Waals surface area (Å²) in [6, 6.07) is 3.77. The summed E-state index contributed by atoms with van der Waals surface area (Å²) in [7, 11) is 0. The van der Waals surface area contributed by atoms with Crippen molar-refractivity contribution in [3.63, 3.8) is 0 Å². The van der Waals surface area contributed by atoms with Gasteiger partial charge < -0.3 is 4.42 Å². The van der Waals surface area contributed by atoms with Gasteiger partial charge in [0.2, 0.25) is 0 Å². The molecule has 1 atom stereocenters. The second-order valence-electron chi connectivity index (χ2n) is 4.20. The molecule has 1 aliphatic carbocycles. The van der Waals surface area contributed by atoms with Crippen molar-refractivity contribution in [2.24, 2.45) is 0 Å². The van der Waals surface area contributed by atoms with Crippen LogP contribution in [0.25, 0.3) is 10.8 Å². The van der Waals surface area contributed by atoms with Crippen LogP contribution >= 0.6 is 27.5 Å². The molecule has 92 valence electrons. The van der Waals surface area contributed by atoms with E-state index in [2.05, 4.69) is 44.4 Å². The van der Waals surface area contributed by atoms with E-state index >= 15 is 0 Å². The van der Waals surface area contributed by atoms with Gasteiger partial charge in [-0.15, -0.1) is 0 Å². The molecule has 2 heterocycles. The summed E-state index contributed by atoms with van der Waals surface area (Å²) in [4.78, 5) is 4.58. The van der Waals surface area contributed by atoms with Gasteiger partial charge in [-0.25, -0.2) is 4.98 Å². The van der Waals surface area contributed by atoms with E-state index in [9.17, 15) is 0 Å². The molecular weight excluding hydrogens is 312 g/mol. The van der Waals surface area contributed by atoms with Crippen LogP contribution in [-0.2, 0) is 0 Å². The van der Waals surface area contributed by atoms with Crippen molar-refractivity contribution in [1.82, 2.24) is 9.36 Å². The van der Waals surface area contributed by atoms with E-state index in [4.69, 9.17) is 4.42 Å². The summed E-state index contributed by atoms with van der Waals surface area (Å²) in [6.45, 7) is 2.12. The van der Waals surface area contributed by atoms with Crippen molar-refractivity contribution < 1.29 is 4.42 Å². The average Bonchev–Trinajstić information content (AvgIpc) is 2.99. The predicted octanol–water partition coefficient (Wildman–Crippen LogP) is 4.51. The number of hydrogen-bond donors (Lipinski definition) is 0. The Morgan fingerprint density at radius 1 is 1.50 bits per heavy atom. The van der Waals surface area contributed by atoms with E-state index < -0.39 is 0 Å². The smallest absolute Gasteiger partial charge is 0.179 e. The van der Waals surface area contributed by atoms with E-state index in [1.807, 2.05) is 12.1 Å². The first kappa shape index (κ1) is 11.9. The Bertz CT molecular complexity index is 613. The second-order valence-corrected chi connectivity index (χ2v) is 5.87. The van der Waals surface area contributed by atoms with Crippen LogP contribution in [0.1, 0.15) is 25.1 Å². The topological polar surface area (TPSA) is 38.9 Å². The molecule has 0 spiro atoms. The number of hydrogen-bond acceptors (Lipinski definition) is 4. The maximum atomic E-state index is 5.34. The van der Waals surface area contributed by atoms with E-state index in [0.717, 1.165) is 27.5 Å². The van der Waals surface area contributed by atoms with E-state index in [-0.39, 0.29) is 5.92 Å². The van der Waals surface area contributed by atoms with Crippen molar-refractivity contribution in [3.8, 4) is 10.8 Å². The molecule has 0 amide bonds. The lowest BCUT2D eigenvalue weighted by molar-refractivity contribution is 0.581. The normalized spacial score (nSPS) is 19.6. The maximum absolute atomic E-state index is 5.34. The van der Waals surface area contributed by atoms with Crippen LogP contribution in [0, 0.1) is 0 Å². The molecule has 0 N–H and O–H groups in total. The zero-order valence-electron chi connectivity index (χ0n) is 9.76. The molecule has 0 fully saturated rings. The zero-order chi connectivity index (χ0) is 12.5. The number of aromatic nitrogens is 2. The summed E-state index contributed by atoms with van der Waals surface area (Å²) >= 11 is 4.89. The van der Waals surface area contributed by atoms with Crippen LogP contribution in [0.5, 0.6) is 0 Å². The first-order chi connectivity index (χ1) is 8.74. The van der Waals surface area contributed by atoms with Gasteiger partial charge >= 0.3 is 0 Å². The fourth-order valence-corrected chi connectivity index (χ4v) is 3.22. The minimum Gasteiger partial charge on any atom is -0.462 e. The lowest BCUT2D eigenvalue weighted by Gasteiger charge is -2.16. The Balaban J connectivity index is 1.89. The average molecular weight is 323 g/mol. The molecule has 2 aromatic heterocycles. The molecule has 3 nitrogen and oxygen atoms in total. The number of halogens is 1. The van der Waals surface area contributed by atoms with Crippen LogP contribution in [0.4, 0.5) is 0 Å². The summed E-state index contributed by atoms with van der Waals surface area (Å²) in [5.74, 6) is 1.95. The molecule has 0 saturated heterocycles. The summed E-state index contributed by atoms with van der Waals surface area (Å²) < 4.78 is 10.9. The molecule has 0 aromatic carbocycles. The highest BCUT2D eigenvalue weighted by molar-refractivity contribution is 9.11. The van der Waals surface area contributed by atoms with Gasteiger partial charge in [-0.05, 0) is 43.1 Å². The fraction of sp³-hybridized carbons (Fsp3) is 0.231. The molecule has 0 bridgehead atoms. The van der Waals surface area contributed by atoms with Gasteiger partial charge in [-0.1, -0.05) is 27.6 Å². The molecule has 1 unspecified atom stereocenters. The molecule has 2 aromatic rings. The Kier molecular flexibility index (Phi) is 3.18. The zero-order valence-corrected chi connectivity index (χ0v) is 12.2. The molecule has 0 saturated carbocycles. The van der Waals surface area contributed by atoms with Gasteiger partial charge in [-0.2, -0.15) is 4.37 Å². The molecule has 5 heteroatoms. The number of nitrogens with zero attached hydrogens (tertiary/aromatic N) is 2. The Morgan fingerprint density at radius 3 is 3.11 bits per heavy atom. The molecule has 18 heavy (non-hydrogen) atoms. The monoisotopic (exact) mass is 322 g/mol. The maximum Gasteiger partial charge on any atom is 0.179 e. The van der Waals surface area contributed by atoms with Gasteiger partial charge in [0.1, 0.15) is 0 Å². The van der Waals surface area contributed by atoms with Crippen molar-refractivity contribution in [2.75, 3.05) is 0 Å². The third-order valence-electron chi connectivity index (χ3n) is 2.95. The highest BCUT2D eigenvalue weighted by Crippen LogP contribution is 2.34. The van der Waals surface area contributed by atoms with Crippen molar-refractivity contribution in [2.45, 2.75) is 19.3 Å². The van der Waals surface area contributed by atoms with E-state index in [1.165, 1.54) is 17.1 Å². The van der Waals surface area contributed by atoms with Crippen molar-refractivity contribution in [3.05, 3.63) is 46.4 Å². The number of furan rings is 1. The minimum atomic E-state index is 0.284. The van der Waals surface area contributed by atoms with Gasteiger partial charge in [0.15, 0.2) is 16.6 Å². The second kappa shape index (κ2) is 4.82. The van der Waals surface area contributed by atoms with Gasteiger partial charge in [-0.3, -0.25) is 0 Å². The van der Waals surface area contributed by atoms with Gasteiger partial charge in [0.05, 0.1) is 6.26 Å². The van der Waals surface area contributed by atoms with E-state index in [0.29, 0.717) is 0 Å². The fourth-order valence-electron chi connectivity index (χ4n) is 1.98. The molecule has 0 radical (unpaired) electrons. The lowest BCUT2D eigenvalue weighted by atomic mass is 9.92. The van der Waals surface area contributed by atoms with Gasteiger partial charge in [0.25, 0.3) is 0 Å². The summed E-state index contributed by atoms with van der Waals surface area (Å²) in [5, 5.41) is 0.844. The molecule has 1 aliphatic rings. The highest BCUT2D eigenvalue weighted by Gasteiger charge is 2.21. The largest absolute Gasteiger partial charge is 0.462 e. The lowest BCUT2D eigenvalue weighted by Crippen LogP contribution is -2.04. The third kappa shape index (κ3) is 2.20. The van der Waals surface area contributed by atoms with Crippen molar-refractivity contribution in [1.29, 1.82) is 0 Å². The Labute approximate surface area is 118 Å². The summed E-state index contributed by atoms with van der Waals surface area (Å²) in [5.41, 5.74) is 1.29. The van der Waals surface area contributed by atoms with Crippen LogP contribution in [0.2, 0.25) is 0 Å². The van der Waals surface area contributed by atoms with Crippen molar-refractivity contribution >= 4 is 27.5 Å². The number of allylic oxidation sites excluding steroid dienone is 4. The predicted molar refractivity (Wildman–Crippen MR) is 75.7 cm³/mol. The third-order valence-corrected chi connectivity index (χ3v) is 4.25. The molecule has 3 rings (SSSR count). The summed E-state index contributed by atoms with van der Waals surface area (Å²) in [6.07, 6.45) is 6.88. The van der Waals surface area contributed by atoms with Crippen LogP contribution in [-0.4, -0.2) is 9.36 Å². The first-order valence-corrected chi connectivity index (χ1v) is 7.22. The van der Waals surface area contributed by atoms with E-state index in [1.54, 1.807) is 6.26 Å². The molecular formula is C13H11BrN2OS. The molecule has 0 aliphatic heterocycles. The van der Waals surface area contributed by atoms with Crippen LogP contribution in [0.15, 0.2) is 45.0 Å². The SMILES string of the molecule is CC1=CC(Br)=CCC1c1nsc(-c2ccco2)n1. The Hall–Kier alpha value is -1.20. The quantitative estimate of drug-likeness (QED) is 0.816. The first-order valence-electron chi connectivity index (χ1n) is 5.65. The number of rotatable bonds is 2. The van der Waals surface area contributed by atoms with Crippen LogP contribution < -0.4 is 0 Å². The van der Waals surface area contributed by atoms with Gasteiger partial charge in [0, 0.05) is 10.4 Å². The minimum absolute atomic E-state index is 0.284. The standard InChI is InChI=1S/C13H11BrN2OS/c1-8-7-9(14)4-5-10(8)12-15-13(18-16-12)11-3-2-6-17-11/h2-4,6-7,10H,5H2,1H3. The Morgan fingerprint density at radius 2 is 2.39 bits per heavy atom. The van der Waals surface area contributed by atoms with Crippen LogP contribution in [0.3, 0.4) is 0 Å².